The van der Waals surface area contributed by atoms with Crippen molar-refractivity contribution in [3.63, 3.8) is 0 Å². The zero-order chi connectivity index (χ0) is 15.0. The molecule has 2 aromatic carbocycles. The van der Waals surface area contributed by atoms with Crippen molar-refractivity contribution < 1.29 is 18.3 Å². The van der Waals surface area contributed by atoms with Crippen molar-refractivity contribution in [2.24, 2.45) is 0 Å². The number of fused-ring (bicyclic) bond motifs is 1. The van der Waals surface area contributed by atoms with E-state index in [1.807, 2.05) is 0 Å². The topological polar surface area (TPSA) is 47.1 Å². The van der Waals surface area contributed by atoms with Crippen molar-refractivity contribution in [1.29, 1.82) is 0 Å². The number of benzene rings is 2. The van der Waals surface area contributed by atoms with Crippen LogP contribution in [-0.4, -0.2) is 24.2 Å². The fourth-order valence-electron chi connectivity index (χ4n) is 2.24. The number of hydrogen-bond donors (Lipinski definition) is 1. The molecular weight excluding hydrogens is 278 g/mol. The number of H-pyrrole nitrogens is 1. The fraction of sp³-hybridized carbons (Fsp3) is 0.133. The molecule has 108 valence electrons. The predicted molar refractivity (Wildman–Crippen MR) is 74.5 cm³/mol. The van der Waals surface area contributed by atoms with Gasteiger partial charge < -0.3 is 14.5 Å². The molecule has 1 aromatic heterocycles. The molecule has 4 nitrogen and oxygen atoms in total. The zero-order valence-corrected chi connectivity index (χ0v) is 11.4. The molecule has 1 heterocycles. The van der Waals surface area contributed by atoms with Gasteiger partial charge >= 0.3 is 0 Å². The van der Waals surface area contributed by atoms with Crippen LogP contribution in [0, 0.1) is 11.6 Å². The summed E-state index contributed by atoms with van der Waals surface area (Å²) in [5.41, 5.74) is 0.969. The van der Waals surface area contributed by atoms with Gasteiger partial charge in [0, 0.05) is 6.07 Å². The third kappa shape index (κ3) is 2.18. The zero-order valence-electron chi connectivity index (χ0n) is 11.4. The number of nitrogens with one attached hydrogen (secondary N) is 1. The maximum atomic E-state index is 13.7. The molecule has 21 heavy (non-hydrogen) atoms. The molecule has 3 rings (SSSR count). The summed E-state index contributed by atoms with van der Waals surface area (Å²) < 4.78 is 37.5. The van der Waals surface area contributed by atoms with Gasteiger partial charge in [-0.2, -0.15) is 0 Å². The van der Waals surface area contributed by atoms with Crippen LogP contribution in [0.4, 0.5) is 8.78 Å². The molecule has 6 heteroatoms. The van der Waals surface area contributed by atoms with Crippen LogP contribution < -0.4 is 9.47 Å². The largest absolute Gasteiger partial charge is 0.493 e. The number of hydrogen-bond acceptors (Lipinski definition) is 3. The van der Waals surface area contributed by atoms with Crippen LogP contribution in [0.5, 0.6) is 11.5 Å². The minimum Gasteiger partial charge on any atom is -0.493 e. The Morgan fingerprint density at radius 1 is 1.10 bits per heavy atom. The van der Waals surface area contributed by atoms with Crippen molar-refractivity contribution in [2.45, 2.75) is 0 Å². The first-order valence-electron chi connectivity index (χ1n) is 6.20. The van der Waals surface area contributed by atoms with E-state index in [1.165, 1.54) is 20.3 Å². The molecule has 0 aliphatic rings. The average molecular weight is 290 g/mol. The SMILES string of the molecule is COc1cccc(-c2nc3c(F)cc(F)cc3[nH]2)c1OC. The molecule has 0 aliphatic heterocycles. The Kier molecular flexibility index (Phi) is 3.21. The minimum atomic E-state index is -0.714. The maximum absolute atomic E-state index is 13.7. The maximum Gasteiger partial charge on any atom is 0.171 e. The van der Waals surface area contributed by atoms with Gasteiger partial charge in [-0.3, -0.25) is 0 Å². The fourth-order valence-corrected chi connectivity index (χ4v) is 2.24. The van der Waals surface area contributed by atoms with Crippen molar-refractivity contribution in [1.82, 2.24) is 9.97 Å². The highest BCUT2D eigenvalue weighted by molar-refractivity contribution is 5.82. The van der Waals surface area contributed by atoms with Crippen LogP contribution in [0.15, 0.2) is 30.3 Å². The standard InChI is InChI=1S/C15H12F2N2O2/c1-20-12-5-3-4-9(14(12)21-2)15-18-11-7-8(16)6-10(17)13(11)19-15/h3-7H,1-2H3,(H,18,19). The quantitative estimate of drug-likeness (QED) is 0.802. The van der Waals surface area contributed by atoms with Crippen LogP contribution in [0.3, 0.4) is 0 Å². The van der Waals surface area contributed by atoms with Crippen LogP contribution in [-0.2, 0) is 0 Å². The smallest absolute Gasteiger partial charge is 0.171 e. The molecule has 0 saturated heterocycles. The van der Waals surface area contributed by atoms with Gasteiger partial charge in [-0.05, 0) is 18.2 Å². The second kappa shape index (κ2) is 5.05. The first kappa shape index (κ1) is 13.4. The highest BCUT2D eigenvalue weighted by Gasteiger charge is 2.16. The van der Waals surface area contributed by atoms with Crippen LogP contribution in [0.1, 0.15) is 0 Å². The number of para-hydroxylation sites is 1. The van der Waals surface area contributed by atoms with Gasteiger partial charge in [-0.15, -0.1) is 0 Å². The lowest BCUT2D eigenvalue weighted by atomic mass is 10.1. The number of nitrogens with zero attached hydrogens (tertiary/aromatic N) is 1. The van der Waals surface area contributed by atoms with E-state index < -0.39 is 11.6 Å². The van der Waals surface area contributed by atoms with Crippen LogP contribution in [0.2, 0.25) is 0 Å². The van der Waals surface area contributed by atoms with Crippen molar-refractivity contribution in [3.8, 4) is 22.9 Å². The molecule has 0 unspecified atom stereocenters. The number of aromatic amines is 1. The summed E-state index contributed by atoms with van der Waals surface area (Å²) >= 11 is 0. The summed E-state index contributed by atoms with van der Waals surface area (Å²) in [6, 6.07) is 7.26. The van der Waals surface area contributed by atoms with Gasteiger partial charge in [0.15, 0.2) is 17.3 Å². The molecule has 0 bridgehead atoms. The monoisotopic (exact) mass is 290 g/mol. The molecule has 0 saturated carbocycles. The number of aromatic nitrogens is 2. The highest BCUT2D eigenvalue weighted by atomic mass is 19.1. The van der Waals surface area contributed by atoms with Gasteiger partial charge in [-0.1, -0.05) is 6.07 Å². The summed E-state index contributed by atoms with van der Waals surface area (Å²) in [5.74, 6) is 0.00876. The first-order valence-corrected chi connectivity index (χ1v) is 6.20. The van der Waals surface area contributed by atoms with Crippen LogP contribution >= 0.6 is 0 Å². The molecule has 3 aromatic rings. The Balaban J connectivity index is 2.23. The van der Waals surface area contributed by atoms with Gasteiger partial charge in [0.25, 0.3) is 0 Å². The van der Waals surface area contributed by atoms with Crippen molar-refractivity contribution in [2.75, 3.05) is 14.2 Å². The second-order valence-electron chi connectivity index (χ2n) is 4.41. The molecule has 0 radical (unpaired) electrons. The lowest BCUT2D eigenvalue weighted by molar-refractivity contribution is 0.356. The number of rotatable bonds is 3. The van der Waals surface area contributed by atoms with E-state index in [0.717, 1.165) is 6.07 Å². The summed E-state index contributed by atoms with van der Waals surface area (Å²) in [7, 11) is 3.03. The average Bonchev–Trinajstić information content (AvgIpc) is 2.90. The van der Waals surface area contributed by atoms with E-state index in [9.17, 15) is 8.78 Å². The van der Waals surface area contributed by atoms with E-state index in [-0.39, 0.29) is 11.0 Å². The van der Waals surface area contributed by atoms with Gasteiger partial charge in [0.2, 0.25) is 0 Å². The summed E-state index contributed by atoms with van der Waals surface area (Å²) in [5, 5.41) is 0. The lowest BCUT2D eigenvalue weighted by Gasteiger charge is -2.10. The third-order valence-electron chi connectivity index (χ3n) is 3.16. The van der Waals surface area contributed by atoms with Gasteiger partial charge in [0.1, 0.15) is 17.2 Å². The summed E-state index contributed by atoms with van der Waals surface area (Å²) in [4.78, 5) is 7.07. The molecule has 0 spiro atoms. The van der Waals surface area contributed by atoms with Gasteiger partial charge in [-0.25, -0.2) is 13.8 Å². The summed E-state index contributed by atoms with van der Waals surface area (Å²) in [6.45, 7) is 0. The van der Waals surface area contributed by atoms with E-state index in [0.29, 0.717) is 22.9 Å². The number of imidazole rings is 1. The molecule has 0 fully saturated rings. The van der Waals surface area contributed by atoms with Crippen molar-refractivity contribution in [3.05, 3.63) is 42.0 Å². The Bertz CT molecular complexity index is 815. The Hall–Kier alpha value is -2.63. The molecule has 1 N–H and O–H groups in total. The normalized spacial score (nSPS) is 10.9. The van der Waals surface area contributed by atoms with E-state index in [2.05, 4.69) is 9.97 Å². The van der Waals surface area contributed by atoms with Gasteiger partial charge in [0.05, 0.1) is 25.3 Å². The second-order valence-corrected chi connectivity index (χ2v) is 4.41. The Labute approximate surface area is 119 Å². The highest BCUT2D eigenvalue weighted by Crippen LogP contribution is 2.37. The Morgan fingerprint density at radius 3 is 2.62 bits per heavy atom. The Morgan fingerprint density at radius 2 is 1.90 bits per heavy atom. The molecule has 0 atom stereocenters. The molecular formula is C15H12F2N2O2. The van der Waals surface area contributed by atoms with Crippen LogP contribution in [0.25, 0.3) is 22.4 Å². The van der Waals surface area contributed by atoms with E-state index in [1.54, 1.807) is 18.2 Å². The van der Waals surface area contributed by atoms with E-state index >= 15 is 0 Å². The first-order chi connectivity index (χ1) is 10.1. The number of ether oxygens (including phenoxy) is 2. The number of methoxy groups -OCH3 is 2. The predicted octanol–water partition coefficient (Wildman–Crippen LogP) is 3.53. The minimum absolute atomic E-state index is 0.0799. The third-order valence-corrected chi connectivity index (χ3v) is 3.16. The number of halogens is 2. The van der Waals surface area contributed by atoms with Crippen molar-refractivity contribution >= 4 is 11.0 Å². The summed E-state index contributed by atoms with van der Waals surface area (Å²) in [6.07, 6.45) is 0. The molecule has 0 amide bonds. The van der Waals surface area contributed by atoms with E-state index in [4.69, 9.17) is 9.47 Å². The lowest BCUT2D eigenvalue weighted by Crippen LogP contribution is -1.93. The molecule has 0 aliphatic carbocycles.